The van der Waals surface area contributed by atoms with Gasteiger partial charge in [-0.3, -0.25) is 4.72 Å². The fourth-order valence-corrected chi connectivity index (χ4v) is 1.74. The predicted octanol–water partition coefficient (Wildman–Crippen LogP) is 2.28. The molecule has 0 aliphatic heterocycles. The average Bonchev–Trinajstić information content (AvgIpc) is 2.06. The van der Waals surface area contributed by atoms with Gasteiger partial charge in [-0.05, 0) is 32.9 Å². The zero-order chi connectivity index (χ0) is 11.7. The van der Waals surface area contributed by atoms with Crippen LogP contribution in [0.15, 0.2) is 18.3 Å². The third-order valence-electron chi connectivity index (χ3n) is 1.81. The van der Waals surface area contributed by atoms with E-state index >= 15 is 0 Å². The van der Waals surface area contributed by atoms with E-state index in [-0.39, 0.29) is 5.15 Å². The summed E-state index contributed by atoms with van der Waals surface area (Å²) in [5.74, 6) is 0. The van der Waals surface area contributed by atoms with Gasteiger partial charge in [0.2, 0.25) is 10.0 Å². The van der Waals surface area contributed by atoms with E-state index in [0.29, 0.717) is 5.69 Å². The maximum atomic E-state index is 11.8. The third kappa shape index (κ3) is 2.82. The third-order valence-corrected chi connectivity index (χ3v) is 4.21. The van der Waals surface area contributed by atoms with Crippen molar-refractivity contribution in [3.8, 4) is 0 Å². The molecule has 1 aromatic rings. The molecule has 0 amide bonds. The maximum Gasteiger partial charge on any atom is 0.237 e. The van der Waals surface area contributed by atoms with E-state index in [1.165, 1.54) is 6.20 Å². The van der Waals surface area contributed by atoms with Crippen molar-refractivity contribution in [2.24, 2.45) is 0 Å². The fourth-order valence-electron chi connectivity index (χ4n) is 0.760. The van der Waals surface area contributed by atoms with Crippen LogP contribution in [0.1, 0.15) is 20.8 Å². The number of nitrogens with zero attached hydrogens (tertiary/aromatic N) is 1. The number of sulfonamides is 1. The molecule has 4 nitrogen and oxygen atoms in total. The number of anilines is 1. The molecular formula is C9H13ClN2O2S. The Morgan fingerprint density at radius 2 is 2.00 bits per heavy atom. The molecule has 0 aliphatic rings. The van der Waals surface area contributed by atoms with E-state index in [1.807, 2.05) is 0 Å². The first kappa shape index (κ1) is 12.3. The number of pyridine rings is 1. The van der Waals surface area contributed by atoms with Crippen LogP contribution in [0.5, 0.6) is 0 Å². The van der Waals surface area contributed by atoms with Crippen molar-refractivity contribution in [1.82, 2.24) is 4.98 Å². The second kappa shape index (κ2) is 3.98. The summed E-state index contributed by atoms with van der Waals surface area (Å²) in [6.07, 6.45) is 1.50. The van der Waals surface area contributed by atoms with Crippen molar-refractivity contribution in [2.45, 2.75) is 25.5 Å². The van der Waals surface area contributed by atoms with Gasteiger partial charge in [-0.1, -0.05) is 11.6 Å². The van der Waals surface area contributed by atoms with Gasteiger partial charge >= 0.3 is 0 Å². The Hall–Kier alpha value is -0.810. The first-order chi connectivity index (χ1) is 6.74. The summed E-state index contributed by atoms with van der Waals surface area (Å²) < 4.78 is 25.1. The molecular weight excluding hydrogens is 236 g/mol. The molecule has 1 rings (SSSR count). The van der Waals surface area contributed by atoms with Gasteiger partial charge in [-0.15, -0.1) is 0 Å². The summed E-state index contributed by atoms with van der Waals surface area (Å²) >= 11 is 5.74. The van der Waals surface area contributed by atoms with Crippen molar-refractivity contribution in [3.63, 3.8) is 0 Å². The molecule has 0 fully saturated rings. The van der Waals surface area contributed by atoms with Gasteiger partial charge in [0.25, 0.3) is 0 Å². The molecule has 84 valence electrons. The number of halogens is 1. The van der Waals surface area contributed by atoms with Crippen LogP contribution in [-0.4, -0.2) is 18.1 Å². The Morgan fingerprint density at radius 1 is 1.40 bits per heavy atom. The predicted molar refractivity (Wildman–Crippen MR) is 61.5 cm³/mol. The molecule has 0 spiro atoms. The quantitative estimate of drug-likeness (QED) is 0.817. The number of rotatable bonds is 2. The molecule has 0 saturated heterocycles. The molecule has 1 heterocycles. The Balaban J connectivity index is 3.03. The monoisotopic (exact) mass is 248 g/mol. The lowest BCUT2D eigenvalue weighted by atomic mass is 10.3. The molecule has 0 atom stereocenters. The Morgan fingerprint density at radius 3 is 2.47 bits per heavy atom. The van der Waals surface area contributed by atoms with Crippen LogP contribution in [0.3, 0.4) is 0 Å². The molecule has 0 saturated carbocycles. The molecule has 0 aliphatic carbocycles. The summed E-state index contributed by atoms with van der Waals surface area (Å²) in [6.45, 7) is 4.83. The largest absolute Gasteiger partial charge is 0.280 e. The van der Waals surface area contributed by atoms with E-state index in [4.69, 9.17) is 11.6 Å². The topological polar surface area (TPSA) is 59.1 Å². The standard InChI is InChI=1S/C9H13ClN2O2S/c1-9(2,3)15(13,14)12-7-5-4-6-11-8(7)10/h4-6,12H,1-3H3. The minimum absolute atomic E-state index is 0.144. The molecule has 6 heteroatoms. The summed E-state index contributed by atoms with van der Waals surface area (Å²) in [5, 5.41) is 0.144. The second-order valence-electron chi connectivity index (χ2n) is 4.06. The molecule has 1 N–H and O–H groups in total. The smallest absolute Gasteiger partial charge is 0.237 e. The highest BCUT2D eigenvalue weighted by molar-refractivity contribution is 7.94. The summed E-state index contributed by atoms with van der Waals surface area (Å²) in [7, 11) is -3.45. The zero-order valence-corrected chi connectivity index (χ0v) is 10.4. The second-order valence-corrected chi connectivity index (χ2v) is 6.85. The highest BCUT2D eigenvalue weighted by atomic mass is 35.5. The number of hydrogen-bond acceptors (Lipinski definition) is 3. The van der Waals surface area contributed by atoms with Crippen molar-refractivity contribution >= 4 is 27.3 Å². The summed E-state index contributed by atoms with van der Waals surface area (Å²) in [5.41, 5.74) is 0.300. The molecule has 15 heavy (non-hydrogen) atoms. The van der Waals surface area contributed by atoms with E-state index in [0.717, 1.165) is 0 Å². The van der Waals surface area contributed by atoms with E-state index in [9.17, 15) is 8.42 Å². The molecule has 0 radical (unpaired) electrons. The van der Waals surface area contributed by atoms with Gasteiger partial charge < -0.3 is 0 Å². The van der Waals surface area contributed by atoms with E-state index < -0.39 is 14.8 Å². The maximum absolute atomic E-state index is 11.8. The van der Waals surface area contributed by atoms with E-state index in [1.54, 1.807) is 32.9 Å². The number of hydrogen-bond donors (Lipinski definition) is 1. The van der Waals surface area contributed by atoms with Crippen molar-refractivity contribution in [3.05, 3.63) is 23.5 Å². The van der Waals surface area contributed by atoms with Crippen LogP contribution < -0.4 is 4.72 Å². The lowest BCUT2D eigenvalue weighted by Gasteiger charge is -2.20. The van der Waals surface area contributed by atoms with Gasteiger partial charge in [0.1, 0.15) is 0 Å². The SMILES string of the molecule is CC(C)(C)S(=O)(=O)Nc1cccnc1Cl. The Bertz CT molecular complexity index is 451. The van der Waals surface area contributed by atoms with Gasteiger partial charge in [0.15, 0.2) is 5.15 Å². The Labute approximate surface area is 94.7 Å². The van der Waals surface area contributed by atoms with Gasteiger partial charge in [0, 0.05) is 6.20 Å². The highest BCUT2D eigenvalue weighted by Gasteiger charge is 2.29. The van der Waals surface area contributed by atoms with Crippen molar-refractivity contribution < 1.29 is 8.42 Å². The first-order valence-electron chi connectivity index (χ1n) is 4.37. The summed E-state index contributed by atoms with van der Waals surface area (Å²) in [6, 6.07) is 3.19. The minimum atomic E-state index is -3.45. The van der Waals surface area contributed by atoms with Crippen molar-refractivity contribution in [2.75, 3.05) is 4.72 Å². The zero-order valence-electron chi connectivity index (χ0n) is 8.78. The van der Waals surface area contributed by atoms with Gasteiger partial charge in [-0.25, -0.2) is 13.4 Å². The van der Waals surface area contributed by atoms with Gasteiger partial charge in [0.05, 0.1) is 10.4 Å². The summed E-state index contributed by atoms with van der Waals surface area (Å²) in [4.78, 5) is 3.78. The normalized spacial score (nSPS) is 12.5. The first-order valence-corrected chi connectivity index (χ1v) is 6.23. The lowest BCUT2D eigenvalue weighted by Crippen LogP contribution is -2.33. The molecule has 0 bridgehead atoms. The molecule has 0 aromatic carbocycles. The highest BCUT2D eigenvalue weighted by Crippen LogP contribution is 2.23. The Kier molecular flexibility index (Phi) is 3.25. The number of nitrogens with one attached hydrogen (secondary N) is 1. The van der Waals surface area contributed by atoms with E-state index in [2.05, 4.69) is 9.71 Å². The van der Waals surface area contributed by atoms with Crippen molar-refractivity contribution in [1.29, 1.82) is 0 Å². The fraction of sp³-hybridized carbons (Fsp3) is 0.444. The van der Waals surface area contributed by atoms with Crippen LogP contribution in [-0.2, 0) is 10.0 Å². The molecule has 1 aromatic heterocycles. The minimum Gasteiger partial charge on any atom is -0.280 e. The lowest BCUT2D eigenvalue weighted by molar-refractivity contribution is 0.566. The van der Waals surface area contributed by atoms with Crippen LogP contribution >= 0.6 is 11.6 Å². The van der Waals surface area contributed by atoms with Crippen LogP contribution in [0.2, 0.25) is 5.15 Å². The number of aromatic nitrogens is 1. The van der Waals surface area contributed by atoms with Gasteiger partial charge in [-0.2, -0.15) is 0 Å². The van der Waals surface area contributed by atoms with Crippen LogP contribution in [0.4, 0.5) is 5.69 Å². The van der Waals surface area contributed by atoms with Crippen LogP contribution in [0.25, 0.3) is 0 Å². The molecule has 0 unspecified atom stereocenters. The average molecular weight is 249 g/mol. The van der Waals surface area contributed by atoms with Crippen LogP contribution in [0, 0.1) is 0 Å².